The molecule has 44 valence electrons. The Bertz CT molecular complexity index is 136. The molecule has 0 heterocycles. The minimum atomic E-state index is 0.965. The minimum absolute atomic E-state index is 0.965. The summed E-state index contributed by atoms with van der Waals surface area (Å²) in [5.41, 5.74) is 3.61. The van der Waals surface area contributed by atoms with E-state index in [0.29, 0.717) is 0 Å². The molecule has 0 nitrogen and oxygen atoms in total. The Morgan fingerprint density at radius 3 is 2.12 bits per heavy atom. The maximum Gasteiger partial charge on any atom is -0.0226 e. The van der Waals surface area contributed by atoms with Gasteiger partial charge in [-0.3, -0.25) is 0 Å². The summed E-state index contributed by atoms with van der Waals surface area (Å²) in [6, 6.07) is 0. The van der Waals surface area contributed by atoms with Crippen molar-refractivity contribution in [3.05, 3.63) is 11.1 Å². The first-order chi connectivity index (χ1) is 3.88. The first-order valence-corrected chi connectivity index (χ1v) is 3.58. The zero-order chi connectivity index (χ0) is 5.56. The van der Waals surface area contributed by atoms with Crippen molar-refractivity contribution in [3.8, 4) is 0 Å². The summed E-state index contributed by atoms with van der Waals surface area (Å²) >= 11 is 0. The van der Waals surface area contributed by atoms with Crippen molar-refractivity contribution in [2.45, 2.75) is 32.6 Å². The van der Waals surface area contributed by atoms with E-state index in [1.807, 2.05) is 5.57 Å². The monoisotopic (exact) mass is 108 g/mol. The van der Waals surface area contributed by atoms with E-state index in [9.17, 15) is 0 Å². The molecule has 0 saturated heterocycles. The summed E-state index contributed by atoms with van der Waals surface area (Å²) in [5.74, 6) is 0.965. The van der Waals surface area contributed by atoms with Gasteiger partial charge in [-0.1, -0.05) is 18.1 Å². The molecular formula is C8H12. The van der Waals surface area contributed by atoms with Crippen LogP contribution in [0.25, 0.3) is 0 Å². The first-order valence-electron chi connectivity index (χ1n) is 3.58. The molecule has 1 atom stereocenters. The van der Waals surface area contributed by atoms with Crippen LogP contribution >= 0.6 is 0 Å². The molecule has 0 heteroatoms. The summed E-state index contributed by atoms with van der Waals surface area (Å²) in [5, 5.41) is 0. The number of hydrogen-bond donors (Lipinski definition) is 0. The van der Waals surface area contributed by atoms with Gasteiger partial charge in [-0.2, -0.15) is 0 Å². The normalized spacial score (nSPS) is 34.9. The fourth-order valence-corrected chi connectivity index (χ4v) is 1.49. The molecule has 0 aliphatic heterocycles. The Labute approximate surface area is 50.6 Å². The molecule has 8 heavy (non-hydrogen) atoms. The van der Waals surface area contributed by atoms with Crippen LogP contribution in [0.15, 0.2) is 11.1 Å². The second kappa shape index (κ2) is 1.37. The highest BCUT2D eigenvalue weighted by Gasteiger charge is 2.27. The second-order valence-corrected chi connectivity index (χ2v) is 3.07. The summed E-state index contributed by atoms with van der Waals surface area (Å²) in [6.07, 6.45) is 5.74. The van der Waals surface area contributed by atoms with Crippen LogP contribution in [0.2, 0.25) is 0 Å². The van der Waals surface area contributed by atoms with Crippen molar-refractivity contribution in [1.82, 2.24) is 0 Å². The van der Waals surface area contributed by atoms with Crippen LogP contribution in [0, 0.1) is 5.92 Å². The average molecular weight is 108 g/mol. The number of hydrogen-bond acceptors (Lipinski definition) is 0. The Kier molecular flexibility index (Phi) is 0.787. The van der Waals surface area contributed by atoms with Crippen LogP contribution < -0.4 is 0 Å². The van der Waals surface area contributed by atoms with Gasteiger partial charge in [0.25, 0.3) is 0 Å². The topological polar surface area (TPSA) is 0 Å². The fraction of sp³-hybridized carbons (Fsp3) is 0.750. The van der Waals surface area contributed by atoms with E-state index in [1.54, 1.807) is 5.57 Å². The van der Waals surface area contributed by atoms with Crippen LogP contribution in [0.3, 0.4) is 0 Å². The molecule has 0 bridgehead atoms. The highest BCUT2D eigenvalue weighted by molar-refractivity contribution is 5.30. The smallest absolute Gasteiger partial charge is 0.0226 e. The predicted molar refractivity (Wildman–Crippen MR) is 34.7 cm³/mol. The molecule has 2 rings (SSSR count). The molecule has 0 N–H and O–H groups in total. The van der Waals surface area contributed by atoms with Crippen LogP contribution in [-0.2, 0) is 0 Å². The number of rotatable bonds is 0. The zero-order valence-electron chi connectivity index (χ0n) is 5.41. The van der Waals surface area contributed by atoms with Crippen molar-refractivity contribution >= 4 is 0 Å². The van der Waals surface area contributed by atoms with Gasteiger partial charge in [0.15, 0.2) is 0 Å². The van der Waals surface area contributed by atoms with Gasteiger partial charge in [0.2, 0.25) is 0 Å². The van der Waals surface area contributed by atoms with E-state index in [2.05, 4.69) is 6.92 Å². The molecule has 2 aliphatic carbocycles. The van der Waals surface area contributed by atoms with E-state index < -0.39 is 0 Å². The lowest BCUT2D eigenvalue weighted by Gasteiger charge is -2.25. The molecule has 0 aromatic carbocycles. The summed E-state index contributed by atoms with van der Waals surface area (Å²) in [4.78, 5) is 0. The Morgan fingerprint density at radius 2 is 2.00 bits per heavy atom. The van der Waals surface area contributed by atoms with Crippen molar-refractivity contribution in [2.24, 2.45) is 5.92 Å². The summed E-state index contributed by atoms with van der Waals surface area (Å²) < 4.78 is 0. The van der Waals surface area contributed by atoms with Gasteiger partial charge in [0, 0.05) is 0 Å². The van der Waals surface area contributed by atoms with E-state index >= 15 is 0 Å². The molecule has 0 spiro atoms. The molecular weight excluding hydrogens is 96.1 g/mol. The van der Waals surface area contributed by atoms with Gasteiger partial charge in [-0.25, -0.2) is 0 Å². The summed E-state index contributed by atoms with van der Waals surface area (Å²) in [6.45, 7) is 2.35. The van der Waals surface area contributed by atoms with Gasteiger partial charge >= 0.3 is 0 Å². The highest BCUT2D eigenvalue weighted by atomic mass is 14.3. The van der Waals surface area contributed by atoms with Crippen LogP contribution in [-0.4, -0.2) is 0 Å². The zero-order valence-corrected chi connectivity index (χ0v) is 5.41. The van der Waals surface area contributed by atoms with E-state index in [0.717, 1.165) is 5.92 Å². The molecule has 1 unspecified atom stereocenters. The SMILES string of the molecule is CC1CCC1=C1CC1. The Hall–Kier alpha value is -0.260. The van der Waals surface area contributed by atoms with Crippen molar-refractivity contribution in [3.63, 3.8) is 0 Å². The standard InChI is InChI=1S/C8H12/c1-6-2-5-8(6)7-3-4-7/h6H,2-5H2,1H3. The van der Waals surface area contributed by atoms with E-state index in [1.165, 1.54) is 25.7 Å². The van der Waals surface area contributed by atoms with Crippen LogP contribution in [0.4, 0.5) is 0 Å². The van der Waals surface area contributed by atoms with Gasteiger partial charge in [-0.05, 0) is 31.6 Å². The third-order valence-corrected chi connectivity index (χ3v) is 2.40. The Balaban J connectivity index is 2.16. The molecule has 2 fully saturated rings. The Morgan fingerprint density at radius 1 is 1.25 bits per heavy atom. The van der Waals surface area contributed by atoms with Crippen LogP contribution in [0.1, 0.15) is 32.6 Å². The lowest BCUT2D eigenvalue weighted by molar-refractivity contribution is 0.480. The maximum absolute atomic E-state index is 2.35. The van der Waals surface area contributed by atoms with Crippen molar-refractivity contribution in [2.75, 3.05) is 0 Å². The predicted octanol–water partition coefficient (Wildman–Crippen LogP) is 2.51. The molecule has 0 amide bonds. The average Bonchev–Trinajstić information content (AvgIpc) is 2.46. The van der Waals surface area contributed by atoms with Crippen LogP contribution in [0.5, 0.6) is 0 Å². The highest BCUT2D eigenvalue weighted by Crippen LogP contribution is 2.44. The van der Waals surface area contributed by atoms with Gasteiger partial charge in [0.05, 0.1) is 0 Å². The minimum Gasteiger partial charge on any atom is -0.0701 e. The molecule has 0 radical (unpaired) electrons. The lowest BCUT2D eigenvalue weighted by Crippen LogP contribution is -2.10. The molecule has 0 aromatic rings. The largest absolute Gasteiger partial charge is 0.0701 e. The summed E-state index contributed by atoms with van der Waals surface area (Å²) in [7, 11) is 0. The van der Waals surface area contributed by atoms with E-state index in [4.69, 9.17) is 0 Å². The van der Waals surface area contributed by atoms with Gasteiger partial charge < -0.3 is 0 Å². The molecule has 2 saturated carbocycles. The lowest BCUT2D eigenvalue weighted by atomic mass is 9.80. The quantitative estimate of drug-likeness (QED) is 0.418. The second-order valence-electron chi connectivity index (χ2n) is 3.07. The van der Waals surface area contributed by atoms with Crippen molar-refractivity contribution < 1.29 is 0 Å². The molecule has 2 aliphatic rings. The van der Waals surface area contributed by atoms with Gasteiger partial charge in [0.1, 0.15) is 0 Å². The molecule has 0 aromatic heterocycles. The van der Waals surface area contributed by atoms with Crippen molar-refractivity contribution in [1.29, 1.82) is 0 Å². The third-order valence-electron chi connectivity index (χ3n) is 2.40. The number of allylic oxidation sites excluding steroid dienone is 2. The fourth-order valence-electron chi connectivity index (χ4n) is 1.49. The third kappa shape index (κ3) is 0.521. The van der Waals surface area contributed by atoms with E-state index in [-0.39, 0.29) is 0 Å². The van der Waals surface area contributed by atoms with Gasteiger partial charge in [-0.15, -0.1) is 0 Å². The maximum atomic E-state index is 2.35. The first kappa shape index (κ1) is 4.60.